The summed E-state index contributed by atoms with van der Waals surface area (Å²) in [6.07, 6.45) is 2.80. The van der Waals surface area contributed by atoms with E-state index in [4.69, 9.17) is 5.11 Å². The number of aromatic nitrogens is 2. The van der Waals surface area contributed by atoms with Crippen molar-refractivity contribution in [3.63, 3.8) is 0 Å². The van der Waals surface area contributed by atoms with E-state index in [9.17, 15) is 4.79 Å². The molecule has 0 spiro atoms. The Labute approximate surface area is 94.5 Å². The molecule has 1 amide bonds. The lowest BCUT2D eigenvalue weighted by Gasteiger charge is -2.25. The molecule has 2 N–H and O–H groups in total. The molecule has 0 radical (unpaired) electrons. The fourth-order valence-corrected chi connectivity index (χ4v) is 2.08. The van der Waals surface area contributed by atoms with Crippen LogP contribution in [0.2, 0.25) is 0 Å². The van der Waals surface area contributed by atoms with Crippen LogP contribution in [0, 0.1) is 19.8 Å². The number of nitrogens with zero attached hydrogens (tertiary/aromatic N) is 2. The first-order valence-corrected chi connectivity index (χ1v) is 5.62. The second-order valence-corrected chi connectivity index (χ2v) is 4.46. The van der Waals surface area contributed by atoms with Crippen LogP contribution in [-0.2, 0) is 6.54 Å². The molecule has 5 nitrogen and oxygen atoms in total. The Balaban J connectivity index is 2.16. The average Bonchev–Trinajstić information content (AvgIpc) is 2.39. The minimum absolute atomic E-state index is 0.631. The zero-order chi connectivity index (χ0) is 11.7. The first-order chi connectivity index (χ1) is 7.58. The third-order valence-electron chi connectivity index (χ3n) is 3.27. The van der Waals surface area contributed by atoms with Crippen LogP contribution in [-0.4, -0.2) is 21.0 Å². The Morgan fingerprint density at radius 1 is 1.56 bits per heavy atom. The number of carbonyl (C=O) groups is 1. The molecular weight excluding hydrogens is 206 g/mol. The third kappa shape index (κ3) is 2.03. The minimum Gasteiger partial charge on any atom is -0.465 e. The van der Waals surface area contributed by atoms with Gasteiger partial charge in [0.05, 0.1) is 17.1 Å². The fraction of sp³-hybridized carbons (Fsp3) is 0.636. The minimum atomic E-state index is -1.03. The van der Waals surface area contributed by atoms with E-state index in [0.29, 0.717) is 5.69 Å². The van der Waals surface area contributed by atoms with E-state index in [1.807, 2.05) is 18.5 Å². The van der Waals surface area contributed by atoms with Crippen molar-refractivity contribution < 1.29 is 9.90 Å². The van der Waals surface area contributed by atoms with E-state index in [1.54, 1.807) is 0 Å². The lowest BCUT2D eigenvalue weighted by molar-refractivity contribution is 0.209. The number of carboxylic acid groups (broad SMARTS) is 1. The molecule has 1 aliphatic rings. The molecule has 1 aliphatic carbocycles. The Bertz CT molecular complexity index is 408. The van der Waals surface area contributed by atoms with Gasteiger partial charge in [-0.25, -0.2) is 4.79 Å². The van der Waals surface area contributed by atoms with E-state index in [1.165, 1.54) is 19.3 Å². The van der Waals surface area contributed by atoms with Crippen LogP contribution in [0.4, 0.5) is 10.5 Å². The number of amides is 1. The standard InChI is InChI=1S/C11H17N3O2/c1-7-10(12-11(15)16)8(2)14(13-7)6-9-4-3-5-9/h9,12H,3-6H2,1-2H3,(H,15,16). The highest BCUT2D eigenvalue weighted by molar-refractivity contribution is 5.84. The molecule has 2 rings (SSSR count). The zero-order valence-electron chi connectivity index (χ0n) is 9.66. The van der Waals surface area contributed by atoms with Gasteiger partial charge in [-0.2, -0.15) is 5.10 Å². The Kier molecular flexibility index (Phi) is 2.85. The molecule has 1 heterocycles. The van der Waals surface area contributed by atoms with E-state index in [2.05, 4.69) is 10.4 Å². The monoisotopic (exact) mass is 223 g/mol. The molecule has 1 fully saturated rings. The van der Waals surface area contributed by atoms with Gasteiger partial charge in [0.2, 0.25) is 0 Å². The highest BCUT2D eigenvalue weighted by Crippen LogP contribution is 2.29. The number of anilines is 1. The maximum atomic E-state index is 10.6. The number of nitrogens with one attached hydrogen (secondary N) is 1. The molecule has 16 heavy (non-hydrogen) atoms. The van der Waals surface area contributed by atoms with Gasteiger partial charge < -0.3 is 5.11 Å². The van der Waals surface area contributed by atoms with Crippen molar-refractivity contribution in [3.05, 3.63) is 11.4 Å². The van der Waals surface area contributed by atoms with Gasteiger partial charge in [-0.3, -0.25) is 10.00 Å². The van der Waals surface area contributed by atoms with Gasteiger partial charge in [-0.15, -0.1) is 0 Å². The normalized spacial score (nSPS) is 15.9. The highest BCUT2D eigenvalue weighted by atomic mass is 16.4. The van der Waals surface area contributed by atoms with Gasteiger partial charge in [0.1, 0.15) is 0 Å². The summed E-state index contributed by atoms with van der Waals surface area (Å²) in [5, 5.41) is 15.5. The summed E-state index contributed by atoms with van der Waals surface area (Å²) in [6.45, 7) is 4.65. The molecule has 88 valence electrons. The van der Waals surface area contributed by atoms with Crippen molar-refractivity contribution in [1.82, 2.24) is 9.78 Å². The lowest BCUT2D eigenvalue weighted by Crippen LogP contribution is -2.19. The van der Waals surface area contributed by atoms with Crippen LogP contribution in [0.15, 0.2) is 0 Å². The SMILES string of the molecule is Cc1nn(CC2CCC2)c(C)c1NC(=O)O. The highest BCUT2D eigenvalue weighted by Gasteiger charge is 2.21. The van der Waals surface area contributed by atoms with Crippen molar-refractivity contribution in [2.24, 2.45) is 5.92 Å². The van der Waals surface area contributed by atoms with Crippen LogP contribution >= 0.6 is 0 Å². The molecule has 0 aromatic carbocycles. The fourth-order valence-electron chi connectivity index (χ4n) is 2.08. The molecule has 0 bridgehead atoms. The van der Waals surface area contributed by atoms with Crippen LogP contribution in [0.3, 0.4) is 0 Å². The Morgan fingerprint density at radius 3 is 2.75 bits per heavy atom. The van der Waals surface area contributed by atoms with Gasteiger partial charge >= 0.3 is 6.09 Å². The van der Waals surface area contributed by atoms with Crippen LogP contribution in [0.25, 0.3) is 0 Å². The molecule has 1 aromatic rings. The first kappa shape index (κ1) is 11.0. The quantitative estimate of drug-likeness (QED) is 0.826. The van der Waals surface area contributed by atoms with Crippen molar-refractivity contribution in [2.45, 2.75) is 39.7 Å². The maximum Gasteiger partial charge on any atom is 0.409 e. The molecule has 1 aromatic heterocycles. The summed E-state index contributed by atoms with van der Waals surface area (Å²) in [7, 11) is 0. The van der Waals surface area contributed by atoms with Crippen molar-refractivity contribution in [3.8, 4) is 0 Å². The maximum absolute atomic E-state index is 10.6. The molecule has 0 saturated heterocycles. The van der Waals surface area contributed by atoms with Gasteiger partial charge in [-0.1, -0.05) is 6.42 Å². The number of aryl methyl sites for hydroxylation is 1. The van der Waals surface area contributed by atoms with Crippen LogP contribution in [0.5, 0.6) is 0 Å². The predicted octanol–water partition coefficient (Wildman–Crippen LogP) is 2.39. The van der Waals surface area contributed by atoms with E-state index < -0.39 is 6.09 Å². The number of hydrogen-bond acceptors (Lipinski definition) is 2. The van der Waals surface area contributed by atoms with Crippen LogP contribution < -0.4 is 5.32 Å². The van der Waals surface area contributed by atoms with Gasteiger partial charge in [-0.05, 0) is 32.6 Å². The Morgan fingerprint density at radius 2 is 2.25 bits per heavy atom. The lowest BCUT2D eigenvalue weighted by atomic mass is 9.85. The largest absolute Gasteiger partial charge is 0.465 e. The second kappa shape index (κ2) is 4.15. The number of hydrogen-bond donors (Lipinski definition) is 2. The molecule has 0 aliphatic heterocycles. The van der Waals surface area contributed by atoms with E-state index in [0.717, 1.165) is 23.9 Å². The summed E-state index contributed by atoms with van der Waals surface area (Å²) in [5.41, 5.74) is 2.29. The van der Waals surface area contributed by atoms with Gasteiger partial charge in [0.25, 0.3) is 0 Å². The molecule has 1 saturated carbocycles. The number of rotatable bonds is 3. The van der Waals surface area contributed by atoms with Gasteiger partial charge in [0.15, 0.2) is 0 Å². The van der Waals surface area contributed by atoms with E-state index >= 15 is 0 Å². The summed E-state index contributed by atoms with van der Waals surface area (Å²) in [6, 6.07) is 0. The van der Waals surface area contributed by atoms with Crippen molar-refractivity contribution in [1.29, 1.82) is 0 Å². The second-order valence-electron chi connectivity index (χ2n) is 4.46. The summed E-state index contributed by atoms with van der Waals surface area (Å²) in [5.74, 6) is 0.718. The topological polar surface area (TPSA) is 67.2 Å². The van der Waals surface area contributed by atoms with Crippen molar-refractivity contribution in [2.75, 3.05) is 5.32 Å². The summed E-state index contributed by atoms with van der Waals surface area (Å²) >= 11 is 0. The smallest absolute Gasteiger partial charge is 0.409 e. The summed E-state index contributed by atoms with van der Waals surface area (Å²) in [4.78, 5) is 10.6. The van der Waals surface area contributed by atoms with Gasteiger partial charge in [0, 0.05) is 6.54 Å². The average molecular weight is 223 g/mol. The molecule has 0 atom stereocenters. The van der Waals surface area contributed by atoms with Crippen molar-refractivity contribution >= 4 is 11.8 Å². The van der Waals surface area contributed by atoms with E-state index in [-0.39, 0.29) is 0 Å². The zero-order valence-corrected chi connectivity index (χ0v) is 9.66. The summed E-state index contributed by atoms with van der Waals surface area (Å²) < 4.78 is 1.92. The molecular formula is C11H17N3O2. The third-order valence-corrected chi connectivity index (χ3v) is 3.27. The molecule has 5 heteroatoms. The predicted molar refractivity (Wildman–Crippen MR) is 60.7 cm³/mol. The first-order valence-electron chi connectivity index (χ1n) is 5.62. The van der Waals surface area contributed by atoms with Crippen LogP contribution in [0.1, 0.15) is 30.7 Å². The Hall–Kier alpha value is -1.52. The molecule has 0 unspecified atom stereocenters.